The number of esters is 1. The molecule has 0 aromatic rings. The average molecular weight is 332 g/mol. The number of fused-ring (bicyclic) bond motifs is 1. The predicted molar refractivity (Wildman–Crippen MR) is 96.5 cm³/mol. The Morgan fingerprint density at radius 2 is 2.08 bits per heavy atom. The van der Waals surface area contributed by atoms with Crippen molar-refractivity contribution in [3.63, 3.8) is 0 Å². The zero-order chi connectivity index (χ0) is 18.0. The van der Waals surface area contributed by atoms with E-state index in [1.165, 1.54) is 0 Å². The summed E-state index contributed by atoms with van der Waals surface area (Å²) in [5, 5.41) is 0. The molecule has 3 atom stereocenters. The van der Waals surface area contributed by atoms with E-state index in [9.17, 15) is 9.59 Å². The average Bonchev–Trinajstić information content (AvgIpc) is 2.53. The molecular weight excluding hydrogens is 300 g/mol. The monoisotopic (exact) mass is 332 g/mol. The molecule has 3 nitrogen and oxygen atoms in total. The number of ether oxygens (including phenoxy) is 1. The van der Waals surface area contributed by atoms with Gasteiger partial charge < -0.3 is 4.74 Å². The third-order valence-corrected chi connectivity index (χ3v) is 6.32. The summed E-state index contributed by atoms with van der Waals surface area (Å²) < 4.78 is 5.51. The molecule has 0 heterocycles. The molecule has 0 aliphatic heterocycles. The van der Waals surface area contributed by atoms with E-state index in [-0.39, 0.29) is 29.0 Å². The summed E-state index contributed by atoms with van der Waals surface area (Å²) in [6.07, 6.45) is 8.73. The lowest BCUT2D eigenvalue weighted by molar-refractivity contribution is -0.183. The van der Waals surface area contributed by atoms with Crippen molar-refractivity contribution in [3.8, 4) is 0 Å². The van der Waals surface area contributed by atoms with Gasteiger partial charge in [0, 0.05) is 12.3 Å². The van der Waals surface area contributed by atoms with E-state index in [2.05, 4.69) is 26.5 Å². The van der Waals surface area contributed by atoms with E-state index in [0.29, 0.717) is 19.4 Å². The Kier molecular flexibility index (Phi) is 5.72. The van der Waals surface area contributed by atoms with Gasteiger partial charge in [-0.2, -0.15) is 0 Å². The first kappa shape index (κ1) is 19.0. The molecule has 134 valence electrons. The van der Waals surface area contributed by atoms with E-state index in [1.54, 1.807) is 6.08 Å². The molecule has 0 bridgehead atoms. The van der Waals surface area contributed by atoms with Gasteiger partial charge >= 0.3 is 5.97 Å². The minimum absolute atomic E-state index is 0.0706. The lowest BCUT2D eigenvalue weighted by atomic mass is 9.47. The molecule has 0 N–H and O–H groups in total. The van der Waals surface area contributed by atoms with Crippen LogP contribution in [0.25, 0.3) is 0 Å². The molecular formula is C21H32O3. The van der Waals surface area contributed by atoms with Crippen molar-refractivity contribution < 1.29 is 14.3 Å². The number of hydrogen-bond acceptors (Lipinski definition) is 3. The van der Waals surface area contributed by atoms with Crippen LogP contribution in [0.4, 0.5) is 0 Å². The van der Waals surface area contributed by atoms with Crippen molar-refractivity contribution in [3.05, 3.63) is 24.3 Å². The summed E-state index contributed by atoms with van der Waals surface area (Å²) in [7, 11) is 0. The second-order valence-corrected chi connectivity index (χ2v) is 8.10. The van der Waals surface area contributed by atoms with Crippen LogP contribution < -0.4 is 0 Å². The lowest BCUT2D eigenvalue weighted by Crippen LogP contribution is -2.58. The first-order valence-electron chi connectivity index (χ1n) is 9.28. The number of hydrogen-bond donors (Lipinski definition) is 0. The molecule has 0 aromatic heterocycles. The van der Waals surface area contributed by atoms with E-state index in [0.717, 1.165) is 31.3 Å². The van der Waals surface area contributed by atoms with Gasteiger partial charge in [-0.1, -0.05) is 44.6 Å². The fourth-order valence-electron chi connectivity index (χ4n) is 5.08. The van der Waals surface area contributed by atoms with Gasteiger partial charge in [0.2, 0.25) is 0 Å². The molecule has 2 fully saturated rings. The number of carbonyl (C=O) groups is 2. The summed E-state index contributed by atoms with van der Waals surface area (Å²) in [6.45, 7) is 12.5. The Hall–Kier alpha value is -1.38. The van der Waals surface area contributed by atoms with E-state index < -0.39 is 5.41 Å². The zero-order valence-electron chi connectivity index (χ0n) is 15.7. The highest BCUT2D eigenvalue weighted by Crippen LogP contribution is 2.60. The molecule has 2 aliphatic rings. The number of ketones is 1. The van der Waals surface area contributed by atoms with Crippen molar-refractivity contribution in [2.24, 2.45) is 22.7 Å². The summed E-state index contributed by atoms with van der Waals surface area (Å²) in [4.78, 5) is 25.9. The van der Waals surface area contributed by atoms with Crippen LogP contribution in [0.2, 0.25) is 0 Å². The van der Waals surface area contributed by atoms with Gasteiger partial charge in [-0.3, -0.25) is 9.59 Å². The number of allylic oxidation sites excluding steroid dienone is 3. The SMILES string of the molecule is C=C/C(C)=C/C[C@H]1C(=O)CC[C@H]2C(C)(C)CCC[C@]12C(=O)OCC. The van der Waals surface area contributed by atoms with Crippen LogP contribution in [-0.2, 0) is 14.3 Å². The van der Waals surface area contributed by atoms with Crippen LogP contribution in [0, 0.1) is 22.7 Å². The van der Waals surface area contributed by atoms with Crippen LogP contribution in [0.15, 0.2) is 24.3 Å². The Balaban J connectivity index is 2.49. The fraction of sp³-hybridized carbons (Fsp3) is 0.714. The molecule has 0 saturated heterocycles. The maximum atomic E-state index is 13.1. The second-order valence-electron chi connectivity index (χ2n) is 8.10. The van der Waals surface area contributed by atoms with Gasteiger partial charge in [0.15, 0.2) is 0 Å². The third kappa shape index (κ3) is 3.22. The molecule has 0 aromatic carbocycles. The number of rotatable bonds is 5. The topological polar surface area (TPSA) is 43.4 Å². The number of Topliss-reactive ketones (excluding diaryl/α,β-unsaturated/α-hetero) is 1. The minimum atomic E-state index is -0.648. The normalized spacial score (nSPS) is 32.8. The highest BCUT2D eigenvalue weighted by molar-refractivity contribution is 5.91. The highest BCUT2D eigenvalue weighted by atomic mass is 16.5. The van der Waals surface area contributed by atoms with Crippen molar-refractivity contribution in [1.29, 1.82) is 0 Å². The summed E-state index contributed by atoms with van der Waals surface area (Å²) in [5.74, 6) is 0.0401. The maximum Gasteiger partial charge on any atom is 0.313 e. The highest BCUT2D eigenvalue weighted by Gasteiger charge is 2.61. The van der Waals surface area contributed by atoms with Crippen molar-refractivity contribution in [2.45, 2.75) is 66.2 Å². The van der Waals surface area contributed by atoms with Gasteiger partial charge in [-0.15, -0.1) is 0 Å². The van der Waals surface area contributed by atoms with Gasteiger partial charge in [-0.05, 0) is 50.9 Å². The largest absolute Gasteiger partial charge is 0.466 e. The van der Waals surface area contributed by atoms with E-state index >= 15 is 0 Å². The van der Waals surface area contributed by atoms with Crippen LogP contribution in [0.3, 0.4) is 0 Å². The summed E-state index contributed by atoms with van der Waals surface area (Å²) >= 11 is 0. The second kappa shape index (κ2) is 7.25. The van der Waals surface area contributed by atoms with Crippen molar-refractivity contribution in [2.75, 3.05) is 6.61 Å². The molecule has 2 rings (SSSR count). The maximum absolute atomic E-state index is 13.1. The Bertz CT molecular complexity index is 543. The standard InChI is InChI=1S/C21H32O3/c1-6-15(3)9-10-16-17(22)11-12-18-20(4,5)13-8-14-21(16,18)19(23)24-7-2/h6,9,16,18H,1,7-8,10-14H2,2-5H3/b15-9+/t16-,18-,21-/m0/s1. The van der Waals surface area contributed by atoms with Gasteiger partial charge in [0.25, 0.3) is 0 Å². The Morgan fingerprint density at radius 1 is 1.38 bits per heavy atom. The van der Waals surface area contributed by atoms with E-state index in [4.69, 9.17) is 4.74 Å². The number of carbonyl (C=O) groups excluding carboxylic acids is 2. The van der Waals surface area contributed by atoms with Crippen LogP contribution in [-0.4, -0.2) is 18.4 Å². The summed E-state index contributed by atoms with van der Waals surface area (Å²) in [5.41, 5.74) is 0.477. The van der Waals surface area contributed by atoms with Gasteiger partial charge in [0.05, 0.1) is 12.0 Å². The molecule has 0 spiro atoms. The van der Waals surface area contributed by atoms with Gasteiger partial charge in [-0.25, -0.2) is 0 Å². The van der Waals surface area contributed by atoms with Crippen LogP contribution in [0.1, 0.15) is 66.2 Å². The molecule has 2 aliphatic carbocycles. The predicted octanol–water partition coefficient (Wildman–Crippen LogP) is 4.86. The van der Waals surface area contributed by atoms with Crippen LogP contribution in [0.5, 0.6) is 0 Å². The fourth-order valence-corrected chi connectivity index (χ4v) is 5.08. The van der Waals surface area contributed by atoms with Crippen molar-refractivity contribution in [1.82, 2.24) is 0 Å². The smallest absolute Gasteiger partial charge is 0.313 e. The Morgan fingerprint density at radius 3 is 2.71 bits per heavy atom. The molecule has 24 heavy (non-hydrogen) atoms. The summed E-state index contributed by atoms with van der Waals surface area (Å²) in [6, 6.07) is 0. The molecule has 0 amide bonds. The molecule has 2 saturated carbocycles. The Labute approximate surface area is 146 Å². The quantitative estimate of drug-likeness (QED) is 0.533. The molecule has 0 radical (unpaired) electrons. The molecule has 3 heteroatoms. The first-order chi connectivity index (χ1) is 11.3. The zero-order valence-corrected chi connectivity index (χ0v) is 15.7. The van der Waals surface area contributed by atoms with E-state index in [1.807, 2.05) is 13.8 Å². The minimum Gasteiger partial charge on any atom is -0.466 e. The third-order valence-electron chi connectivity index (χ3n) is 6.32. The lowest BCUT2D eigenvalue weighted by Gasteiger charge is -2.56. The molecule has 0 unspecified atom stereocenters. The van der Waals surface area contributed by atoms with Crippen LogP contribution >= 0.6 is 0 Å². The van der Waals surface area contributed by atoms with Gasteiger partial charge in [0.1, 0.15) is 5.78 Å². The first-order valence-corrected chi connectivity index (χ1v) is 9.28. The van der Waals surface area contributed by atoms with Crippen molar-refractivity contribution >= 4 is 11.8 Å².